The molecule has 4 nitrogen and oxygen atoms in total. The molecule has 1 aromatic rings. The molecule has 0 radical (unpaired) electrons. The van der Waals surface area contributed by atoms with Crippen molar-refractivity contribution in [2.75, 3.05) is 7.11 Å². The van der Waals surface area contributed by atoms with Crippen LogP contribution in [0.2, 0.25) is 0 Å². The van der Waals surface area contributed by atoms with Crippen molar-refractivity contribution in [2.24, 2.45) is 0 Å². The molecule has 0 fully saturated rings. The summed E-state index contributed by atoms with van der Waals surface area (Å²) < 4.78 is 5.08. The van der Waals surface area contributed by atoms with Gasteiger partial charge >= 0.3 is 5.70 Å². The molecule has 0 aromatic heterocycles. The molecule has 1 aromatic carbocycles. The molecule has 1 N–H and O–H groups in total. The Morgan fingerprint density at radius 1 is 1.41 bits per heavy atom. The zero-order valence-electron chi connectivity index (χ0n) is 10.3. The Morgan fingerprint density at radius 2 is 2.00 bits per heavy atom. The van der Waals surface area contributed by atoms with Crippen LogP contribution in [0.25, 0.3) is 4.98 Å². The molecule has 0 aliphatic carbocycles. The number of allylic oxidation sites excluding steroid dienone is 2. The van der Waals surface area contributed by atoms with Gasteiger partial charge in [-0.1, -0.05) is 19.1 Å². The van der Waals surface area contributed by atoms with Gasteiger partial charge in [0, 0.05) is 13.3 Å². The molecule has 1 rings (SSSR count). The number of ether oxygens (including phenoxy) is 1. The average Bonchev–Trinajstić information content (AvgIpc) is 2.37. The summed E-state index contributed by atoms with van der Waals surface area (Å²) >= 11 is 0. The molecule has 1 unspecified atom stereocenters. The predicted molar refractivity (Wildman–Crippen MR) is 66.4 cm³/mol. The fourth-order valence-corrected chi connectivity index (χ4v) is 1.55. The first-order chi connectivity index (χ1) is 8.08. The lowest BCUT2D eigenvalue weighted by molar-refractivity contribution is 0.372. The Hall–Kier alpha value is -2.02. The second-order valence-electron chi connectivity index (χ2n) is 4.01. The maximum Gasteiger partial charge on any atom is 0.395 e. The molecule has 0 amide bonds. The molecule has 1 atom stereocenters. The topological polar surface area (TPSA) is 57.6 Å². The van der Waals surface area contributed by atoms with E-state index < -0.39 is 0 Å². The first-order valence-corrected chi connectivity index (χ1v) is 5.46. The fourth-order valence-electron chi connectivity index (χ4n) is 1.55. The summed E-state index contributed by atoms with van der Waals surface area (Å²) in [6.45, 7) is 3.57. The highest BCUT2D eigenvalue weighted by Gasteiger charge is 2.16. The van der Waals surface area contributed by atoms with Crippen LogP contribution in [0.4, 0.5) is 0 Å². The van der Waals surface area contributed by atoms with Gasteiger partial charge in [0.25, 0.3) is 0 Å². The van der Waals surface area contributed by atoms with Gasteiger partial charge in [0.2, 0.25) is 5.39 Å². The van der Waals surface area contributed by atoms with E-state index in [-0.39, 0.29) is 17.4 Å². The third-order valence-electron chi connectivity index (χ3n) is 2.75. The molecule has 0 heterocycles. The molecule has 0 aliphatic rings. The standard InChI is InChI=1S/C13H16N2O2/c1-9(8-13(16)10(2)15-14)11-4-6-12(17-3)7-5-11/h4-7,9H,8H2,1-3H3/p+1. The number of hydrogen-bond donors (Lipinski definition) is 1. The first-order valence-electron chi connectivity index (χ1n) is 5.46. The van der Waals surface area contributed by atoms with Gasteiger partial charge in [0.15, 0.2) is 10.7 Å². The number of benzene rings is 1. The second-order valence-corrected chi connectivity index (χ2v) is 4.01. The molecule has 0 aliphatic heterocycles. The van der Waals surface area contributed by atoms with Crippen LogP contribution in [-0.4, -0.2) is 12.2 Å². The summed E-state index contributed by atoms with van der Waals surface area (Å²) in [6.07, 6.45) is 0.447. The summed E-state index contributed by atoms with van der Waals surface area (Å²) in [6, 6.07) is 7.69. The zero-order chi connectivity index (χ0) is 12.8. The maximum atomic E-state index is 9.65. The smallest absolute Gasteiger partial charge is 0.395 e. The molecular weight excluding hydrogens is 216 g/mol. The van der Waals surface area contributed by atoms with E-state index in [0.29, 0.717) is 6.42 Å². The number of nitrogens with zero attached hydrogens (tertiary/aromatic N) is 2. The normalized spacial score (nSPS) is 13.5. The third-order valence-corrected chi connectivity index (χ3v) is 2.75. The minimum Gasteiger partial charge on any atom is -0.505 e. The summed E-state index contributed by atoms with van der Waals surface area (Å²) in [4.78, 5) is 2.97. The highest BCUT2D eigenvalue weighted by Crippen LogP contribution is 2.25. The second kappa shape index (κ2) is 5.90. The van der Waals surface area contributed by atoms with E-state index in [1.807, 2.05) is 31.2 Å². The molecular formula is C13H17N2O2+. The number of aliphatic hydroxyl groups excluding tert-OH is 1. The highest BCUT2D eigenvalue weighted by molar-refractivity contribution is 5.30. The minimum absolute atomic E-state index is 0.107. The maximum absolute atomic E-state index is 9.65. The number of aliphatic hydroxyl groups is 1. The molecule has 0 saturated carbocycles. The lowest BCUT2D eigenvalue weighted by atomic mass is 9.96. The monoisotopic (exact) mass is 233 g/mol. The Labute approximate surface area is 101 Å². The van der Waals surface area contributed by atoms with E-state index in [2.05, 4.69) is 4.98 Å². The quantitative estimate of drug-likeness (QED) is 0.635. The Bertz CT molecular complexity index is 443. The molecule has 17 heavy (non-hydrogen) atoms. The van der Waals surface area contributed by atoms with Crippen molar-refractivity contribution in [3.63, 3.8) is 0 Å². The van der Waals surface area contributed by atoms with Gasteiger partial charge in [-0.05, 0) is 23.6 Å². The van der Waals surface area contributed by atoms with Gasteiger partial charge in [0.05, 0.1) is 7.11 Å². The van der Waals surface area contributed by atoms with Crippen LogP contribution >= 0.6 is 0 Å². The van der Waals surface area contributed by atoms with Crippen molar-refractivity contribution in [2.45, 2.75) is 26.2 Å². The van der Waals surface area contributed by atoms with Crippen molar-refractivity contribution in [3.8, 4) is 5.75 Å². The molecule has 0 saturated heterocycles. The van der Waals surface area contributed by atoms with Crippen LogP contribution in [-0.2, 0) is 0 Å². The van der Waals surface area contributed by atoms with Gasteiger partial charge in [0.1, 0.15) is 5.75 Å². The largest absolute Gasteiger partial charge is 0.505 e. The van der Waals surface area contributed by atoms with E-state index in [1.165, 1.54) is 0 Å². The van der Waals surface area contributed by atoms with E-state index in [0.717, 1.165) is 11.3 Å². The summed E-state index contributed by atoms with van der Waals surface area (Å²) in [7, 11) is 1.62. The van der Waals surface area contributed by atoms with Gasteiger partial charge in [-0.25, -0.2) is 0 Å². The molecule has 90 valence electrons. The van der Waals surface area contributed by atoms with Crippen molar-refractivity contribution in [3.05, 3.63) is 46.3 Å². The number of methoxy groups -OCH3 is 1. The summed E-state index contributed by atoms with van der Waals surface area (Å²) in [5, 5.41) is 18.2. The summed E-state index contributed by atoms with van der Waals surface area (Å²) in [5.74, 6) is 1.07. The number of hydrogen-bond acceptors (Lipinski definition) is 3. The predicted octanol–water partition coefficient (Wildman–Crippen LogP) is 3.83. The third kappa shape index (κ3) is 3.49. The zero-order valence-corrected chi connectivity index (χ0v) is 10.3. The van der Waals surface area contributed by atoms with Crippen molar-refractivity contribution >= 4 is 0 Å². The van der Waals surface area contributed by atoms with Crippen molar-refractivity contribution in [1.82, 2.24) is 0 Å². The molecule has 0 spiro atoms. The van der Waals surface area contributed by atoms with Gasteiger partial charge in [-0.3, -0.25) is 0 Å². The first kappa shape index (κ1) is 13.0. The Balaban J connectivity index is 2.77. The van der Waals surface area contributed by atoms with Crippen LogP contribution in [0.15, 0.2) is 35.7 Å². The lowest BCUT2D eigenvalue weighted by Crippen LogP contribution is -1.97. The lowest BCUT2D eigenvalue weighted by Gasteiger charge is -2.10. The Morgan fingerprint density at radius 3 is 2.47 bits per heavy atom. The van der Waals surface area contributed by atoms with Crippen molar-refractivity contribution < 1.29 is 9.84 Å². The molecule has 0 bridgehead atoms. The average molecular weight is 233 g/mol. The van der Waals surface area contributed by atoms with Crippen LogP contribution in [0.3, 0.4) is 0 Å². The minimum atomic E-state index is 0.107. The fraction of sp³-hybridized carbons (Fsp3) is 0.385. The highest BCUT2D eigenvalue weighted by atomic mass is 16.5. The van der Waals surface area contributed by atoms with E-state index in [4.69, 9.17) is 10.1 Å². The molecule has 4 heteroatoms. The van der Waals surface area contributed by atoms with Crippen LogP contribution in [0.1, 0.15) is 31.7 Å². The summed E-state index contributed by atoms with van der Waals surface area (Å²) in [5.41, 5.74) is 1.36. The van der Waals surface area contributed by atoms with Gasteiger partial charge < -0.3 is 9.84 Å². The van der Waals surface area contributed by atoms with Crippen molar-refractivity contribution in [1.29, 1.82) is 5.39 Å². The van der Waals surface area contributed by atoms with E-state index in [1.54, 1.807) is 14.0 Å². The Kier molecular flexibility index (Phi) is 4.53. The SMILES string of the molecule is COc1ccc(C(C)CC(O)=C(C)[N+]#N)cc1. The van der Waals surface area contributed by atoms with E-state index in [9.17, 15) is 5.11 Å². The van der Waals surface area contributed by atoms with E-state index >= 15 is 0 Å². The van der Waals surface area contributed by atoms with Crippen LogP contribution in [0, 0.1) is 5.39 Å². The van der Waals surface area contributed by atoms with Gasteiger partial charge in [-0.2, -0.15) is 0 Å². The van der Waals surface area contributed by atoms with Crippen LogP contribution in [0.5, 0.6) is 5.75 Å². The van der Waals surface area contributed by atoms with Gasteiger partial charge in [-0.15, -0.1) is 0 Å². The number of diazo groups is 1. The van der Waals surface area contributed by atoms with Crippen LogP contribution < -0.4 is 4.74 Å². The number of rotatable bonds is 4.